The molecule has 9 heteroatoms. The maximum absolute atomic E-state index is 9.19. The van der Waals surface area contributed by atoms with Crippen LogP contribution in [0.4, 0.5) is 5.82 Å². The van der Waals surface area contributed by atoms with Gasteiger partial charge in [-0.05, 0) is 12.1 Å². The highest BCUT2D eigenvalue weighted by Crippen LogP contribution is 2.22. The van der Waals surface area contributed by atoms with E-state index in [-0.39, 0.29) is 0 Å². The molecule has 3 aromatic rings. The van der Waals surface area contributed by atoms with Crippen LogP contribution in [0.15, 0.2) is 24.7 Å². The molecule has 0 aliphatic heterocycles. The topological polar surface area (TPSA) is 135 Å². The highest BCUT2D eigenvalue weighted by molar-refractivity contribution is 7.85. The lowest BCUT2D eigenvalue weighted by molar-refractivity contribution is 0.490. The zero-order valence-corrected chi connectivity index (χ0v) is 10.7. The first-order valence-corrected chi connectivity index (χ1v) is 6.97. The summed E-state index contributed by atoms with van der Waals surface area (Å²) in [6.07, 6.45) is 4.03. The lowest BCUT2D eigenvalue weighted by atomic mass is 10.3. The highest BCUT2D eigenvalue weighted by Gasteiger charge is 2.08. The summed E-state index contributed by atoms with van der Waals surface area (Å²) < 4.78 is 25.9. The number of anilines is 1. The molecule has 19 heavy (non-hydrogen) atoms. The molecule has 0 bridgehead atoms. The molecule has 8 nitrogen and oxygen atoms in total. The number of hydrogen-bond donors (Lipinski definition) is 3. The Labute approximate surface area is 108 Å². The van der Waals surface area contributed by atoms with E-state index in [9.17, 15) is 8.42 Å². The zero-order valence-electron chi connectivity index (χ0n) is 9.90. The third-order valence-corrected chi connectivity index (χ3v) is 2.15. The van der Waals surface area contributed by atoms with Crippen LogP contribution in [0.3, 0.4) is 0 Å². The van der Waals surface area contributed by atoms with E-state index >= 15 is 0 Å². The second-order valence-electron chi connectivity index (χ2n) is 3.73. The number of nitrogens with zero attached hydrogens (tertiary/aromatic N) is 3. The SMILES string of the molecule is CS(=O)(=O)O.Nc1nc2ccc[nH]c2c2ncnc12. The first kappa shape index (κ1) is 13.2. The summed E-state index contributed by atoms with van der Waals surface area (Å²) in [5.41, 5.74) is 8.84. The van der Waals surface area contributed by atoms with Crippen LogP contribution in [-0.4, -0.2) is 39.2 Å². The Bertz CT molecular complexity index is 819. The number of nitrogen functional groups attached to an aromatic ring is 1. The number of rotatable bonds is 0. The number of imidazole rings is 1. The molecule has 0 saturated carbocycles. The number of pyridine rings is 2. The van der Waals surface area contributed by atoms with Gasteiger partial charge in [-0.1, -0.05) is 0 Å². The Morgan fingerprint density at radius 2 is 1.95 bits per heavy atom. The van der Waals surface area contributed by atoms with Crippen LogP contribution < -0.4 is 5.73 Å². The minimum absolute atomic E-state index is 0.421. The van der Waals surface area contributed by atoms with Crippen LogP contribution in [0.5, 0.6) is 0 Å². The van der Waals surface area contributed by atoms with E-state index in [2.05, 4.69) is 19.9 Å². The lowest BCUT2D eigenvalue weighted by Crippen LogP contribution is -1.93. The third-order valence-electron chi connectivity index (χ3n) is 2.15. The van der Waals surface area contributed by atoms with Gasteiger partial charge in [0.15, 0.2) is 5.82 Å². The Balaban J connectivity index is 0.000000232. The first-order valence-electron chi connectivity index (χ1n) is 5.12. The van der Waals surface area contributed by atoms with Crippen molar-refractivity contribution >= 4 is 38.0 Å². The molecular weight excluding hydrogens is 270 g/mol. The zero-order chi connectivity index (χ0) is 14.0. The fourth-order valence-corrected chi connectivity index (χ4v) is 1.53. The predicted molar refractivity (Wildman–Crippen MR) is 71.1 cm³/mol. The molecule has 0 aliphatic rings. The van der Waals surface area contributed by atoms with Crippen molar-refractivity contribution in [3.8, 4) is 0 Å². The maximum atomic E-state index is 9.19. The van der Waals surface area contributed by atoms with Crippen LogP contribution in [0.25, 0.3) is 22.1 Å². The quantitative estimate of drug-likeness (QED) is 0.513. The van der Waals surface area contributed by atoms with Gasteiger partial charge >= 0.3 is 0 Å². The smallest absolute Gasteiger partial charge is 0.261 e. The van der Waals surface area contributed by atoms with Gasteiger partial charge in [-0.2, -0.15) is 8.42 Å². The first-order chi connectivity index (χ1) is 8.86. The normalized spacial score (nSPS) is 11.3. The van der Waals surface area contributed by atoms with Crippen molar-refractivity contribution in [2.45, 2.75) is 0 Å². The van der Waals surface area contributed by atoms with E-state index in [0.717, 1.165) is 16.6 Å². The van der Waals surface area contributed by atoms with Gasteiger partial charge in [0.1, 0.15) is 17.4 Å². The standard InChI is InChI=1S/C9H7N5.CH4O3S/c10-9-8-7(12-4-13-8)6-5(14-9)2-1-3-11-6;1-5(2,3)4/h1-4,11H,(H2,10,14);1H3,(H,2,3,4). The summed E-state index contributed by atoms with van der Waals surface area (Å²) in [5, 5.41) is 0. The Morgan fingerprint density at radius 3 is 2.63 bits per heavy atom. The number of aromatic nitrogens is 4. The van der Waals surface area contributed by atoms with Crippen molar-refractivity contribution in [3.05, 3.63) is 24.7 Å². The van der Waals surface area contributed by atoms with Crippen LogP contribution in [0, 0.1) is 0 Å². The largest absolute Gasteiger partial charge is 0.382 e. The Morgan fingerprint density at radius 1 is 1.32 bits per heavy atom. The van der Waals surface area contributed by atoms with Crippen molar-refractivity contribution in [3.63, 3.8) is 0 Å². The summed E-state index contributed by atoms with van der Waals surface area (Å²) in [7, 11) is -3.67. The third kappa shape index (κ3) is 3.14. The second-order valence-corrected chi connectivity index (χ2v) is 5.20. The van der Waals surface area contributed by atoms with Crippen molar-refractivity contribution < 1.29 is 13.0 Å². The van der Waals surface area contributed by atoms with Crippen LogP contribution in [0.1, 0.15) is 0 Å². The van der Waals surface area contributed by atoms with Crippen molar-refractivity contribution in [2.75, 3.05) is 12.0 Å². The molecule has 3 aromatic heterocycles. The number of nitrogens with two attached hydrogens (primary N) is 1. The van der Waals surface area contributed by atoms with Gasteiger partial charge in [0.2, 0.25) is 0 Å². The molecule has 100 valence electrons. The van der Waals surface area contributed by atoms with Gasteiger partial charge in [0.05, 0.1) is 17.3 Å². The molecule has 4 N–H and O–H groups in total. The molecule has 0 unspecified atom stereocenters. The second kappa shape index (κ2) is 4.78. The van der Waals surface area contributed by atoms with Gasteiger partial charge in [-0.3, -0.25) is 4.55 Å². The van der Waals surface area contributed by atoms with E-state index in [1.807, 2.05) is 18.3 Å². The molecule has 0 saturated heterocycles. The molecule has 3 rings (SSSR count). The average molecular weight is 281 g/mol. The Hall–Kier alpha value is -2.26. The van der Waals surface area contributed by atoms with Crippen molar-refractivity contribution in [1.82, 2.24) is 19.9 Å². The van der Waals surface area contributed by atoms with Gasteiger partial charge in [-0.25, -0.2) is 15.0 Å². The summed E-state index contributed by atoms with van der Waals surface area (Å²) >= 11 is 0. The van der Waals surface area contributed by atoms with E-state index in [4.69, 9.17) is 10.3 Å². The minimum Gasteiger partial charge on any atom is -0.382 e. The summed E-state index contributed by atoms with van der Waals surface area (Å²) in [5.74, 6) is 0.421. The minimum atomic E-state index is -3.67. The summed E-state index contributed by atoms with van der Waals surface area (Å²) in [6.45, 7) is 0. The summed E-state index contributed by atoms with van der Waals surface area (Å²) in [4.78, 5) is 15.5. The molecule has 0 spiro atoms. The average Bonchev–Trinajstić information content (AvgIpc) is 2.76. The van der Waals surface area contributed by atoms with Gasteiger partial charge < -0.3 is 10.7 Å². The monoisotopic (exact) mass is 281 g/mol. The number of nitrogens with one attached hydrogen (secondary N) is 1. The van der Waals surface area contributed by atoms with E-state index in [1.54, 1.807) is 0 Å². The maximum Gasteiger partial charge on any atom is 0.261 e. The lowest BCUT2D eigenvalue weighted by Gasteiger charge is -1.99. The van der Waals surface area contributed by atoms with Gasteiger partial charge in [0, 0.05) is 6.20 Å². The van der Waals surface area contributed by atoms with Crippen LogP contribution >= 0.6 is 0 Å². The molecular formula is C10H11N5O3S. The Kier molecular flexibility index (Phi) is 3.32. The predicted octanol–water partition coefficient (Wildman–Crippen LogP) is 0.592. The number of H-pyrrole nitrogens is 1. The highest BCUT2D eigenvalue weighted by atomic mass is 32.2. The molecule has 0 aliphatic carbocycles. The molecule has 3 heterocycles. The summed E-state index contributed by atoms with van der Waals surface area (Å²) in [6, 6.07) is 3.76. The molecule has 0 fully saturated rings. The number of hydrogen-bond acceptors (Lipinski definition) is 6. The molecule has 0 aromatic carbocycles. The molecule has 0 amide bonds. The van der Waals surface area contributed by atoms with E-state index < -0.39 is 10.1 Å². The fourth-order valence-electron chi connectivity index (χ4n) is 1.53. The van der Waals surface area contributed by atoms with E-state index in [0.29, 0.717) is 17.6 Å². The fraction of sp³-hybridized carbons (Fsp3) is 0.100. The van der Waals surface area contributed by atoms with E-state index in [1.165, 1.54) is 6.33 Å². The molecule has 0 radical (unpaired) electrons. The number of aromatic amines is 1. The van der Waals surface area contributed by atoms with Crippen LogP contribution in [0.2, 0.25) is 0 Å². The number of fused-ring (bicyclic) bond motifs is 3. The van der Waals surface area contributed by atoms with Gasteiger partial charge in [0.25, 0.3) is 10.1 Å². The van der Waals surface area contributed by atoms with Gasteiger partial charge in [-0.15, -0.1) is 0 Å². The van der Waals surface area contributed by atoms with Crippen molar-refractivity contribution in [2.24, 2.45) is 0 Å². The van der Waals surface area contributed by atoms with Crippen LogP contribution in [-0.2, 0) is 10.1 Å². The molecule has 0 atom stereocenters. The van der Waals surface area contributed by atoms with Crippen molar-refractivity contribution in [1.29, 1.82) is 0 Å².